The molecular formula is C60H40N2. The molecule has 0 spiro atoms. The highest BCUT2D eigenvalue weighted by atomic mass is 15.0. The van der Waals surface area contributed by atoms with Gasteiger partial charge in [-0.15, -0.1) is 0 Å². The van der Waals surface area contributed by atoms with Gasteiger partial charge in [-0.2, -0.15) is 0 Å². The number of para-hydroxylation sites is 1. The second-order valence-corrected chi connectivity index (χ2v) is 15.6. The van der Waals surface area contributed by atoms with Crippen LogP contribution in [0.2, 0.25) is 0 Å². The predicted molar refractivity (Wildman–Crippen MR) is 262 cm³/mol. The summed E-state index contributed by atoms with van der Waals surface area (Å²) in [6, 6.07) is 65.6. The van der Waals surface area contributed by atoms with E-state index in [-0.39, 0.29) is 57.6 Å². The molecule has 12 rings (SSSR count). The fourth-order valence-electron chi connectivity index (χ4n) is 8.95. The van der Waals surface area contributed by atoms with Crippen LogP contribution in [-0.4, -0.2) is 9.13 Å². The van der Waals surface area contributed by atoms with Gasteiger partial charge in [-0.1, -0.05) is 176 Å². The van der Waals surface area contributed by atoms with E-state index in [1.54, 1.807) is 4.57 Å². The number of aromatic nitrogens is 2. The molecule has 2 aromatic heterocycles. The molecule has 0 N–H and O–H groups in total. The van der Waals surface area contributed by atoms with Gasteiger partial charge in [0.15, 0.2) is 0 Å². The van der Waals surface area contributed by atoms with Crippen LogP contribution in [0.4, 0.5) is 0 Å². The van der Waals surface area contributed by atoms with Crippen molar-refractivity contribution in [1.29, 1.82) is 0 Å². The number of rotatable bonds is 7. The Hall–Kier alpha value is -8.20. The number of fused-ring (bicyclic) bond motifs is 6. The van der Waals surface area contributed by atoms with Gasteiger partial charge in [0.25, 0.3) is 0 Å². The van der Waals surface area contributed by atoms with Gasteiger partial charge < -0.3 is 9.13 Å². The Balaban J connectivity index is 1.10. The van der Waals surface area contributed by atoms with E-state index in [1.807, 2.05) is 109 Å². The number of benzene rings is 10. The molecule has 10 aromatic carbocycles. The molecule has 0 unspecified atom stereocenters. The minimum absolute atomic E-state index is 0.0863. The van der Waals surface area contributed by atoms with E-state index in [4.69, 9.17) is 2.74 Å². The molecule has 2 heterocycles. The first-order valence-electron chi connectivity index (χ1n) is 24.3. The zero-order valence-corrected chi connectivity index (χ0v) is 33.4. The maximum absolute atomic E-state index is 10.0. The van der Waals surface area contributed by atoms with Crippen molar-refractivity contribution in [3.05, 3.63) is 242 Å². The first kappa shape index (κ1) is 29.1. The van der Waals surface area contributed by atoms with Crippen LogP contribution in [0.3, 0.4) is 0 Å². The number of nitrogens with zero attached hydrogens (tertiary/aromatic N) is 2. The van der Waals surface area contributed by atoms with Crippen LogP contribution in [0.1, 0.15) is 9.60 Å². The minimum Gasteiger partial charge on any atom is -0.309 e. The lowest BCUT2D eigenvalue weighted by molar-refractivity contribution is 1.18. The summed E-state index contributed by atoms with van der Waals surface area (Å²) in [6.45, 7) is 0. The summed E-state index contributed by atoms with van der Waals surface area (Å²) in [5, 5.41) is 2.19. The normalized spacial score (nSPS) is 13.1. The standard InChI is InChI=1S/C60H40N2/c1-4-14-41(15-5-1)44-26-28-45(29-27-44)48-30-33-59-55(38-48)56-40-50(32-35-60(56)62(59)52-23-13-21-47(37-52)43-18-8-3-9-19-43)49-31-34-58-54(39-49)53-24-10-11-25-57(53)61(58)51-22-12-20-46(36-51)42-16-6-2-7-17-42/h1-40H/i10D,11D,24D,25D,31D,34D,39D. The average molecular weight is 796 g/mol. The van der Waals surface area contributed by atoms with Crippen molar-refractivity contribution >= 4 is 43.6 Å². The van der Waals surface area contributed by atoms with E-state index in [0.29, 0.717) is 11.3 Å². The van der Waals surface area contributed by atoms with Gasteiger partial charge in [0.1, 0.15) is 0 Å². The molecule has 0 aliphatic rings. The van der Waals surface area contributed by atoms with Gasteiger partial charge in [0.2, 0.25) is 0 Å². The molecule has 0 amide bonds. The maximum Gasteiger partial charge on any atom is 0.0645 e. The predicted octanol–water partition coefficient (Wildman–Crippen LogP) is 16.2. The molecule has 12 aromatic rings. The Morgan fingerprint density at radius 1 is 0.258 bits per heavy atom. The van der Waals surface area contributed by atoms with Crippen molar-refractivity contribution in [3.8, 4) is 67.0 Å². The lowest BCUT2D eigenvalue weighted by atomic mass is 9.98. The highest BCUT2D eigenvalue weighted by Crippen LogP contribution is 2.40. The Labute approximate surface area is 370 Å². The van der Waals surface area contributed by atoms with E-state index in [1.165, 1.54) is 0 Å². The zero-order valence-electron chi connectivity index (χ0n) is 40.4. The molecule has 0 saturated heterocycles. The van der Waals surface area contributed by atoms with Crippen molar-refractivity contribution in [2.24, 2.45) is 0 Å². The molecule has 2 heteroatoms. The van der Waals surface area contributed by atoms with Crippen LogP contribution < -0.4 is 0 Å². The molecule has 0 fully saturated rings. The van der Waals surface area contributed by atoms with Crippen LogP contribution >= 0.6 is 0 Å². The molecule has 2 nitrogen and oxygen atoms in total. The molecule has 0 aliphatic heterocycles. The van der Waals surface area contributed by atoms with Crippen LogP contribution in [0.15, 0.2) is 242 Å². The van der Waals surface area contributed by atoms with Crippen LogP contribution in [0.5, 0.6) is 0 Å². The molecule has 290 valence electrons. The van der Waals surface area contributed by atoms with Crippen molar-refractivity contribution in [3.63, 3.8) is 0 Å². The summed E-state index contributed by atoms with van der Waals surface area (Å²) in [5.74, 6) is 0. The van der Waals surface area contributed by atoms with Crippen molar-refractivity contribution in [2.75, 3.05) is 0 Å². The van der Waals surface area contributed by atoms with E-state index < -0.39 is 12.1 Å². The third-order valence-electron chi connectivity index (χ3n) is 12.0. The van der Waals surface area contributed by atoms with Gasteiger partial charge in [0, 0.05) is 32.9 Å². The molecule has 0 saturated carbocycles. The Kier molecular flexibility index (Phi) is 6.95. The first-order chi connectivity index (χ1) is 33.7. The highest BCUT2D eigenvalue weighted by molar-refractivity contribution is 6.13. The van der Waals surface area contributed by atoms with E-state index in [9.17, 15) is 6.85 Å². The van der Waals surface area contributed by atoms with Crippen LogP contribution in [-0.2, 0) is 0 Å². The molecule has 0 bridgehead atoms. The average Bonchev–Trinajstić information content (AvgIpc) is 3.94. The van der Waals surface area contributed by atoms with E-state index in [2.05, 4.69) is 95.6 Å². The Morgan fingerprint density at radius 2 is 0.661 bits per heavy atom. The summed E-state index contributed by atoms with van der Waals surface area (Å²) in [4.78, 5) is 0. The van der Waals surface area contributed by atoms with Crippen molar-refractivity contribution in [2.45, 2.75) is 0 Å². The van der Waals surface area contributed by atoms with Gasteiger partial charge in [0.05, 0.1) is 31.7 Å². The van der Waals surface area contributed by atoms with E-state index >= 15 is 0 Å². The fraction of sp³-hybridized carbons (Fsp3) is 0. The Bertz CT molecular complexity index is 4010. The quantitative estimate of drug-likeness (QED) is 0.152. The lowest BCUT2D eigenvalue weighted by Gasteiger charge is -2.11. The maximum atomic E-state index is 10.0. The second kappa shape index (κ2) is 14.8. The zero-order chi connectivity index (χ0) is 47.1. The van der Waals surface area contributed by atoms with Gasteiger partial charge in [-0.05, 0) is 122 Å². The van der Waals surface area contributed by atoms with Gasteiger partial charge in [-0.25, -0.2) is 0 Å². The van der Waals surface area contributed by atoms with Crippen LogP contribution in [0.25, 0.3) is 111 Å². The molecule has 62 heavy (non-hydrogen) atoms. The summed E-state index contributed by atoms with van der Waals surface area (Å²) >= 11 is 0. The van der Waals surface area contributed by atoms with Gasteiger partial charge >= 0.3 is 0 Å². The largest absolute Gasteiger partial charge is 0.309 e. The van der Waals surface area contributed by atoms with Gasteiger partial charge in [-0.3, -0.25) is 0 Å². The number of hydrogen-bond acceptors (Lipinski definition) is 0. The topological polar surface area (TPSA) is 9.86 Å². The molecule has 0 aliphatic carbocycles. The summed E-state index contributed by atoms with van der Waals surface area (Å²) in [6.07, 6.45) is 0. The summed E-state index contributed by atoms with van der Waals surface area (Å²) < 4.78 is 69.3. The summed E-state index contributed by atoms with van der Waals surface area (Å²) in [5.41, 5.74) is 12.9. The molecular weight excluding hydrogens is 749 g/mol. The summed E-state index contributed by atoms with van der Waals surface area (Å²) in [7, 11) is 0. The smallest absolute Gasteiger partial charge is 0.0645 e. The molecule has 0 radical (unpaired) electrons. The first-order valence-corrected chi connectivity index (χ1v) is 20.8. The lowest BCUT2D eigenvalue weighted by Crippen LogP contribution is -1.94. The molecule has 0 atom stereocenters. The third kappa shape index (κ3) is 6.12. The van der Waals surface area contributed by atoms with Crippen LogP contribution in [0, 0.1) is 0 Å². The fourth-order valence-corrected chi connectivity index (χ4v) is 8.95. The van der Waals surface area contributed by atoms with Crippen molar-refractivity contribution < 1.29 is 9.60 Å². The Morgan fingerprint density at radius 3 is 1.23 bits per heavy atom. The monoisotopic (exact) mass is 795 g/mol. The van der Waals surface area contributed by atoms with Crippen molar-refractivity contribution in [1.82, 2.24) is 9.13 Å². The minimum atomic E-state index is -0.428. The second-order valence-electron chi connectivity index (χ2n) is 15.6. The highest BCUT2D eigenvalue weighted by Gasteiger charge is 2.18. The third-order valence-corrected chi connectivity index (χ3v) is 12.0. The SMILES string of the molecule is [2H]c1c([2H])c([2H])c2c(c1[2H])c1c([2H])c(-c3ccc4c(c3)c3cc(-c5ccc(-c6ccccc6)cc5)ccc3n4-c3cccc(-c4ccccc4)c3)c([2H])c([2H])c1n2-c1cccc(-c2ccccc2)c1. The number of hydrogen-bond donors (Lipinski definition) is 0. The van der Waals surface area contributed by atoms with E-state index in [0.717, 1.165) is 72.0 Å².